The van der Waals surface area contributed by atoms with E-state index in [1.165, 1.54) is 18.4 Å². The first-order valence-electron chi connectivity index (χ1n) is 9.65. The molecule has 4 heteroatoms. The number of pyridine rings is 2. The van der Waals surface area contributed by atoms with E-state index in [1.54, 1.807) is 12.4 Å². The number of nitrogens with zero attached hydrogens (tertiary/aromatic N) is 4. The Bertz CT molecular complexity index is 1030. The van der Waals surface area contributed by atoms with Crippen molar-refractivity contribution in [2.75, 3.05) is 0 Å². The lowest BCUT2D eigenvalue weighted by Crippen LogP contribution is -1.98. The van der Waals surface area contributed by atoms with Gasteiger partial charge in [0.05, 0.1) is 11.4 Å². The topological polar surface area (TPSA) is 51.6 Å². The van der Waals surface area contributed by atoms with E-state index in [0.717, 1.165) is 40.3 Å². The molecule has 0 aliphatic rings. The van der Waals surface area contributed by atoms with Crippen molar-refractivity contribution in [2.24, 2.45) is 0 Å². The number of hydrogen-bond donors (Lipinski definition) is 0. The number of benzene rings is 1. The largest absolute Gasteiger partial charge is 0.255 e. The van der Waals surface area contributed by atoms with Gasteiger partial charge in [-0.25, -0.2) is 0 Å². The quantitative estimate of drug-likeness (QED) is 0.445. The standard InChI is InChI=1S/C24H22N4/c1-2-3-8-18-11-13-19(14-12-18)20-17-23(21-9-4-6-15-25-21)27-28-24(20)22-10-5-7-16-26-22/h4-7,9-17H,2-3,8H2,1H3. The molecule has 1 aromatic carbocycles. The Labute approximate surface area is 165 Å². The fraction of sp³-hybridized carbons (Fsp3) is 0.167. The number of hydrogen-bond acceptors (Lipinski definition) is 4. The monoisotopic (exact) mass is 366 g/mol. The zero-order valence-electron chi connectivity index (χ0n) is 15.9. The number of rotatable bonds is 6. The zero-order chi connectivity index (χ0) is 19.2. The molecular weight excluding hydrogens is 344 g/mol. The van der Waals surface area contributed by atoms with E-state index in [0.29, 0.717) is 0 Å². The first-order chi connectivity index (χ1) is 13.8. The summed E-state index contributed by atoms with van der Waals surface area (Å²) in [6.45, 7) is 2.22. The van der Waals surface area contributed by atoms with Gasteiger partial charge in [-0.1, -0.05) is 49.7 Å². The van der Waals surface area contributed by atoms with Crippen molar-refractivity contribution >= 4 is 0 Å². The second kappa shape index (κ2) is 8.53. The van der Waals surface area contributed by atoms with Crippen molar-refractivity contribution in [3.8, 4) is 33.9 Å². The van der Waals surface area contributed by atoms with Crippen LogP contribution in [0.3, 0.4) is 0 Å². The Kier molecular flexibility index (Phi) is 5.48. The lowest BCUT2D eigenvalue weighted by Gasteiger charge is -2.11. The first kappa shape index (κ1) is 18.0. The van der Waals surface area contributed by atoms with Crippen molar-refractivity contribution in [1.29, 1.82) is 0 Å². The van der Waals surface area contributed by atoms with Crippen LogP contribution in [0.2, 0.25) is 0 Å². The van der Waals surface area contributed by atoms with Gasteiger partial charge >= 0.3 is 0 Å². The van der Waals surface area contributed by atoms with E-state index in [2.05, 4.69) is 57.4 Å². The van der Waals surface area contributed by atoms with Gasteiger partial charge in [0.25, 0.3) is 0 Å². The second-order valence-electron chi connectivity index (χ2n) is 6.72. The van der Waals surface area contributed by atoms with Crippen molar-refractivity contribution in [1.82, 2.24) is 20.2 Å². The normalized spacial score (nSPS) is 10.8. The first-order valence-corrected chi connectivity index (χ1v) is 9.65. The van der Waals surface area contributed by atoms with Crippen LogP contribution in [0.15, 0.2) is 79.1 Å². The Morgan fingerprint density at radius 1 is 0.714 bits per heavy atom. The molecule has 28 heavy (non-hydrogen) atoms. The highest BCUT2D eigenvalue weighted by molar-refractivity contribution is 5.81. The summed E-state index contributed by atoms with van der Waals surface area (Å²) in [7, 11) is 0. The summed E-state index contributed by atoms with van der Waals surface area (Å²) in [5, 5.41) is 8.94. The van der Waals surface area contributed by atoms with Crippen LogP contribution in [0.25, 0.3) is 33.9 Å². The van der Waals surface area contributed by atoms with Crippen LogP contribution in [0.5, 0.6) is 0 Å². The van der Waals surface area contributed by atoms with Gasteiger partial charge in [0.15, 0.2) is 0 Å². The fourth-order valence-corrected chi connectivity index (χ4v) is 3.18. The van der Waals surface area contributed by atoms with E-state index in [1.807, 2.05) is 36.4 Å². The van der Waals surface area contributed by atoms with E-state index >= 15 is 0 Å². The molecule has 0 amide bonds. The summed E-state index contributed by atoms with van der Waals surface area (Å²) in [6, 6.07) is 22.4. The molecule has 4 nitrogen and oxygen atoms in total. The molecule has 0 saturated heterocycles. The maximum Gasteiger partial charge on any atom is 0.119 e. The third-order valence-corrected chi connectivity index (χ3v) is 4.71. The molecule has 0 spiro atoms. The predicted octanol–water partition coefficient (Wildman–Crippen LogP) is 5.61. The molecule has 0 aliphatic carbocycles. The molecule has 0 atom stereocenters. The zero-order valence-corrected chi connectivity index (χ0v) is 15.9. The van der Waals surface area contributed by atoms with Crippen molar-refractivity contribution in [3.63, 3.8) is 0 Å². The average Bonchev–Trinajstić information content (AvgIpc) is 2.79. The average molecular weight is 366 g/mol. The van der Waals surface area contributed by atoms with Crippen LogP contribution in [-0.2, 0) is 6.42 Å². The molecule has 0 bridgehead atoms. The third-order valence-electron chi connectivity index (χ3n) is 4.71. The Hall–Kier alpha value is -3.40. The van der Waals surface area contributed by atoms with E-state index in [-0.39, 0.29) is 0 Å². The maximum absolute atomic E-state index is 4.52. The highest BCUT2D eigenvalue weighted by atomic mass is 15.1. The van der Waals surface area contributed by atoms with Crippen molar-refractivity contribution in [3.05, 3.63) is 84.7 Å². The SMILES string of the molecule is CCCCc1ccc(-c2cc(-c3ccccn3)nnc2-c2ccccn2)cc1. The number of aryl methyl sites for hydroxylation is 1. The Morgan fingerprint density at radius 2 is 1.43 bits per heavy atom. The Morgan fingerprint density at radius 3 is 2.07 bits per heavy atom. The molecular formula is C24H22N4. The number of unbranched alkanes of at least 4 members (excludes halogenated alkanes) is 1. The molecule has 0 radical (unpaired) electrons. The minimum atomic E-state index is 0.755. The van der Waals surface area contributed by atoms with Crippen LogP contribution in [0.4, 0.5) is 0 Å². The van der Waals surface area contributed by atoms with Gasteiger partial charge in [0.1, 0.15) is 11.4 Å². The van der Waals surface area contributed by atoms with Crippen LogP contribution in [0, 0.1) is 0 Å². The van der Waals surface area contributed by atoms with Gasteiger partial charge in [-0.05, 0) is 54.3 Å². The maximum atomic E-state index is 4.52. The van der Waals surface area contributed by atoms with Crippen LogP contribution in [0.1, 0.15) is 25.3 Å². The van der Waals surface area contributed by atoms with Gasteiger partial charge in [0.2, 0.25) is 0 Å². The fourth-order valence-electron chi connectivity index (χ4n) is 3.18. The van der Waals surface area contributed by atoms with Crippen LogP contribution >= 0.6 is 0 Å². The van der Waals surface area contributed by atoms with Gasteiger partial charge in [-0.3, -0.25) is 9.97 Å². The summed E-state index contributed by atoms with van der Waals surface area (Å²) < 4.78 is 0. The highest BCUT2D eigenvalue weighted by Gasteiger charge is 2.14. The van der Waals surface area contributed by atoms with Gasteiger partial charge in [-0.15, -0.1) is 10.2 Å². The summed E-state index contributed by atoms with van der Waals surface area (Å²) in [5.74, 6) is 0. The molecule has 3 aromatic heterocycles. The summed E-state index contributed by atoms with van der Waals surface area (Å²) >= 11 is 0. The van der Waals surface area contributed by atoms with Crippen LogP contribution < -0.4 is 0 Å². The summed E-state index contributed by atoms with van der Waals surface area (Å²) in [5.41, 5.74) is 6.63. The van der Waals surface area contributed by atoms with Crippen molar-refractivity contribution < 1.29 is 0 Å². The lowest BCUT2D eigenvalue weighted by molar-refractivity contribution is 0.795. The summed E-state index contributed by atoms with van der Waals surface area (Å²) in [4.78, 5) is 8.89. The molecule has 0 fully saturated rings. The second-order valence-corrected chi connectivity index (χ2v) is 6.72. The van der Waals surface area contributed by atoms with E-state index in [4.69, 9.17) is 0 Å². The predicted molar refractivity (Wildman–Crippen MR) is 113 cm³/mol. The Balaban J connectivity index is 1.80. The van der Waals surface area contributed by atoms with E-state index in [9.17, 15) is 0 Å². The minimum Gasteiger partial charge on any atom is -0.255 e. The highest BCUT2D eigenvalue weighted by Crippen LogP contribution is 2.31. The van der Waals surface area contributed by atoms with Gasteiger partial charge in [-0.2, -0.15) is 0 Å². The third kappa shape index (κ3) is 3.96. The van der Waals surface area contributed by atoms with Crippen LogP contribution in [-0.4, -0.2) is 20.2 Å². The van der Waals surface area contributed by atoms with Crippen molar-refractivity contribution in [2.45, 2.75) is 26.2 Å². The minimum absolute atomic E-state index is 0.755. The molecule has 0 aliphatic heterocycles. The summed E-state index contributed by atoms with van der Waals surface area (Å²) in [6.07, 6.45) is 7.07. The molecule has 0 N–H and O–H groups in total. The smallest absolute Gasteiger partial charge is 0.119 e. The molecule has 138 valence electrons. The molecule has 0 unspecified atom stereocenters. The molecule has 0 saturated carbocycles. The molecule has 4 rings (SSSR count). The molecule has 4 aromatic rings. The van der Waals surface area contributed by atoms with Gasteiger partial charge in [0, 0.05) is 18.0 Å². The van der Waals surface area contributed by atoms with Gasteiger partial charge < -0.3 is 0 Å². The lowest BCUT2D eigenvalue weighted by atomic mass is 9.98. The molecule has 3 heterocycles. The number of aromatic nitrogens is 4. The van der Waals surface area contributed by atoms with E-state index < -0.39 is 0 Å².